The van der Waals surface area contributed by atoms with Gasteiger partial charge in [-0.25, -0.2) is 8.42 Å². The zero-order valence-electron chi connectivity index (χ0n) is 14.7. The molecule has 1 heterocycles. The highest BCUT2D eigenvalue weighted by Crippen LogP contribution is 2.26. The number of methoxy groups -OCH3 is 1. The number of nitrogens with one attached hydrogen (secondary N) is 2. The lowest BCUT2D eigenvalue weighted by atomic mass is 10.2. The molecule has 2 rings (SSSR count). The van der Waals surface area contributed by atoms with E-state index in [4.69, 9.17) is 4.74 Å². The maximum atomic E-state index is 12.9. The first-order valence-corrected chi connectivity index (χ1v) is 9.50. The highest BCUT2D eigenvalue weighted by Gasteiger charge is 2.31. The summed E-state index contributed by atoms with van der Waals surface area (Å²) in [6.45, 7) is 5.59. The maximum absolute atomic E-state index is 12.9. The summed E-state index contributed by atoms with van der Waals surface area (Å²) in [5.41, 5.74) is 0.642. The van der Waals surface area contributed by atoms with E-state index in [2.05, 4.69) is 10.6 Å². The van der Waals surface area contributed by atoms with E-state index in [-0.39, 0.29) is 35.8 Å². The fourth-order valence-corrected chi connectivity index (χ4v) is 4.37. The summed E-state index contributed by atoms with van der Waals surface area (Å²) in [7, 11) is -2.06. The van der Waals surface area contributed by atoms with Crippen LogP contribution in [0.15, 0.2) is 23.1 Å². The molecule has 0 aromatic heterocycles. The number of carbonyl (C=O) groups excluding carboxylic acids is 1. The Morgan fingerprint density at radius 3 is 2.76 bits per heavy atom. The van der Waals surface area contributed by atoms with E-state index in [9.17, 15) is 13.2 Å². The zero-order chi connectivity index (χ0) is 17.7. The van der Waals surface area contributed by atoms with Gasteiger partial charge in [-0.15, -0.1) is 12.4 Å². The van der Waals surface area contributed by atoms with E-state index < -0.39 is 10.0 Å². The monoisotopic (exact) mass is 391 g/mol. The molecule has 142 valence electrons. The third kappa shape index (κ3) is 5.07. The molecule has 1 amide bonds. The predicted molar refractivity (Wildman–Crippen MR) is 98.6 cm³/mol. The second-order valence-corrected chi connectivity index (χ2v) is 7.66. The van der Waals surface area contributed by atoms with Crippen LogP contribution in [0.4, 0.5) is 0 Å². The standard InChI is InChI=1S/C16H25N3O4S.ClH/c1-4-16(20)18-11-13-9-14(5-6-15(13)23-3)24(21,22)19-8-7-17-10-12(19)2;/h5-6,9,12,17H,4,7-8,10-11H2,1-3H3,(H,18,20);1H. The number of sulfonamides is 1. The fraction of sp³-hybridized carbons (Fsp3) is 0.562. The first-order valence-electron chi connectivity index (χ1n) is 8.06. The largest absolute Gasteiger partial charge is 0.496 e. The van der Waals surface area contributed by atoms with E-state index >= 15 is 0 Å². The first kappa shape index (κ1) is 21.7. The van der Waals surface area contributed by atoms with Gasteiger partial charge in [0, 0.05) is 44.2 Å². The molecule has 7 nitrogen and oxygen atoms in total. The van der Waals surface area contributed by atoms with Gasteiger partial charge in [0.2, 0.25) is 15.9 Å². The normalized spacial score (nSPS) is 18.3. The molecule has 0 saturated carbocycles. The molecule has 2 N–H and O–H groups in total. The van der Waals surface area contributed by atoms with Crippen molar-refractivity contribution in [3.05, 3.63) is 23.8 Å². The number of amides is 1. The van der Waals surface area contributed by atoms with Gasteiger partial charge >= 0.3 is 0 Å². The Morgan fingerprint density at radius 2 is 2.16 bits per heavy atom. The number of ether oxygens (including phenoxy) is 1. The molecule has 0 radical (unpaired) electrons. The van der Waals surface area contributed by atoms with Gasteiger partial charge in [0.1, 0.15) is 5.75 Å². The molecule has 0 bridgehead atoms. The van der Waals surface area contributed by atoms with E-state index in [1.165, 1.54) is 11.4 Å². The van der Waals surface area contributed by atoms with Crippen molar-refractivity contribution in [1.82, 2.24) is 14.9 Å². The highest BCUT2D eigenvalue weighted by atomic mass is 35.5. The van der Waals surface area contributed by atoms with Crippen molar-refractivity contribution in [2.75, 3.05) is 26.7 Å². The molecule has 0 spiro atoms. The Hall–Kier alpha value is -1.35. The summed E-state index contributed by atoms with van der Waals surface area (Å²) in [5, 5.41) is 5.94. The molecular weight excluding hydrogens is 366 g/mol. The van der Waals surface area contributed by atoms with Crippen molar-refractivity contribution < 1.29 is 17.9 Å². The second kappa shape index (κ2) is 9.38. The van der Waals surface area contributed by atoms with Crippen molar-refractivity contribution in [3.63, 3.8) is 0 Å². The second-order valence-electron chi connectivity index (χ2n) is 5.77. The number of hydrogen-bond donors (Lipinski definition) is 2. The number of rotatable bonds is 6. The average molecular weight is 392 g/mol. The van der Waals surface area contributed by atoms with Crippen LogP contribution in [0.25, 0.3) is 0 Å². The Balaban J connectivity index is 0.00000312. The number of carbonyl (C=O) groups is 1. The highest BCUT2D eigenvalue weighted by molar-refractivity contribution is 7.89. The summed E-state index contributed by atoms with van der Waals surface area (Å²) < 4.78 is 32.6. The Morgan fingerprint density at radius 1 is 1.44 bits per heavy atom. The van der Waals surface area contributed by atoms with Crippen LogP contribution in [0.5, 0.6) is 5.75 Å². The maximum Gasteiger partial charge on any atom is 0.243 e. The van der Waals surface area contributed by atoms with E-state index in [1.54, 1.807) is 25.1 Å². The van der Waals surface area contributed by atoms with Crippen LogP contribution >= 0.6 is 12.4 Å². The van der Waals surface area contributed by atoms with Gasteiger partial charge in [-0.3, -0.25) is 4.79 Å². The lowest BCUT2D eigenvalue weighted by Gasteiger charge is -2.33. The molecule has 1 aromatic rings. The molecular formula is C16H26ClN3O4S. The van der Waals surface area contributed by atoms with Crippen molar-refractivity contribution >= 4 is 28.3 Å². The number of hydrogen-bond acceptors (Lipinski definition) is 5. The molecule has 1 aromatic carbocycles. The molecule has 9 heteroatoms. The SMILES string of the molecule is CCC(=O)NCc1cc(S(=O)(=O)N2CCNCC2C)ccc1OC.Cl. The first-order chi connectivity index (χ1) is 11.4. The molecule has 25 heavy (non-hydrogen) atoms. The molecule has 1 aliphatic rings. The lowest BCUT2D eigenvalue weighted by Crippen LogP contribution is -2.52. The Kier molecular flexibility index (Phi) is 8.14. The van der Waals surface area contributed by atoms with Crippen molar-refractivity contribution in [2.45, 2.75) is 37.8 Å². The number of nitrogens with zero attached hydrogens (tertiary/aromatic N) is 1. The topological polar surface area (TPSA) is 87.7 Å². The van der Waals surface area contributed by atoms with Gasteiger partial charge in [-0.05, 0) is 25.1 Å². The van der Waals surface area contributed by atoms with Crippen LogP contribution in [0.3, 0.4) is 0 Å². The van der Waals surface area contributed by atoms with Crippen LogP contribution in [-0.2, 0) is 21.4 Å². The van der Waals surface area contributed by atoms with Gasteiger partial charge < -0.3 is 15.4 Å². The summed E-state index contributed by atoms with van der Waals surface area (Å²) in [6, 6.07) is 4.66. The summed E-state index contributed by atoms with van der Waals surface area (Å²) in [6.07, 6.45) is 0.374. The quantitative estimate of drug-likeness (QED) is 0.758. The van der Waals surface area contributed by atoms with Gasteiger partial charge in [0.05, 0.1) is 12.0 Å². The van der Waals surface area contributed by atoms with Crippen LogP contribution in [0.1, 0.15) is 25.8 Å². The summed E-state index contributed by atoms with van der Waals surface area (Å²) in [4.78, 5) is 11.7. The van der Waals surface area contributed by atoms with E-state index in [1.807, 2.05) is 6.92 Å². The molecule has 1 unspecified atom stereocenters. The molecule has 1 saturated heterocycles. The van der Waals surface area contributed by atoms with Crippen LogP contribution in [0.2, 0.25) is 0 Å². The number of benzene rings is 1. The minimum atomic E-state index is -3.58. The van der Waals surface area contributed by atoms with Crippen molar-refractivity contribution in [2.24, 2.45) is 0 Å². The van der Waals surface area contributed by atoms with Crippen LogP contribution < -0.4 is 15.4 Å². The van der Waals surface area contributed by atoms with Crippen LogP contribution in [0, 0.1) is 0 Å². The zero-order valence-corrected chi connectivity index (χ0v) is 16.4. The predicted octanol–water partition coefficient (Wildman–Crippen LogP) is 1.13. The summed E-state index contributed by atoms with van der Waals surface area (Å²) >= 11 is 0. The molecule has 1 fully saturated rings. The Labute approximate surface area is 155 Å². The van der Waals surface area contributed by atoms with Gasteiger partial charge in [-0.1, -0.05) is 6.92 Å². The van der Waals surface area contributed by atoms with Gasteiger partial charge in [-0.2, -0.15) is 4.31 Å². The van der Waals surface area contributed by atoms with E-state index in [0.29, 0.717) is 37.4 Å². The van der Waals surface area contributed by atoms with Crippen molar-refractivity contribution in [3.8, 4) is 5.75 Å². The average Bonchev–Trinajstić information content (AvgIpc) is 2.59. The van der Waals surface area contributed by atoms with Gasteiger partial charge in [0.15, 0.2) is 0 Å². The third-order valence-electron chi connectivity index (χ3n) is 4.10. The third-order valence-corrected chi connectivity index (χ3v) is 6.11. The minimum Gasteiger partial charge on any atom is -0.496 e. The van der Waals surface area contributed by atoms with Gasteiger partial charge in [0.25, 0.3) is 0 Å². The molecule has 1 atom stereocenters. The number of halogens is 1. The van der Waals surface area contributed by atoms with E-state index in [0.717, 1.165) is 0 Å². The minimum absolute atomic E-state index is 0. The fourth-order valence-electron chi connectivity index (χ4n) is 2.69. The Bertz CT molecular complexity index is 697. The van der Waals surface area contributed by atoms with Crippen LogP contribution in [-0.4, -0.2) is 51.4 Å². The smallest absolute Gasteiger partial charge is 0.243 e. The molecule has 0 aliphatic carbocycles. The lowest BCUT2D eigenvalue weighted by molar-refractivity contribution is -0.120. The molecule has 1 aliphatic heterocycles. The summed E-state index contributed by atoms with van der Waals surface area (Å²) in [5.74, 6) is 0.458. The van der Waals surface area contributed by atoms with Crippen molar-refractivity contribution in [1.29, 1.82) is 0 Å². The number of piperazine rings is 1.